The van der Waals surface area contributed by atoms with E-state index in [1.54, 1.807) is 0 Å². The van der Waals surface area contributed by atoms with Gasteiger partial charge in [-0.15, -0.1) is 0 Å². The van der Waals surface area contributed by atoms with Crippen LogP contribution in [0.15, 0.2) is 24.3 Å². The van der Waals surface area contributed by atoms with Gasteiger partial charge in [-0.25, -0.2) is 0 Å². The lowest BCUT2D eigenvalue weighted by Crippen LogP contribution is -2.46. The van der Waals surface area contributed by atoms with Crippen LogP contribution in [0, 0.1) is 17.2 Å². The summed E-state index contributed by atoms with van der Waals surface area (Å²) in [4.78, 5) is 16.4. The molecular formula is C18H25N3O. The van der Waals surface area contributed by atoms with Gasteiger partial charge in [-0.05, 0) is 24.5 Å². The van der Waals surface area contributed by atoms with Crippen LogP contribution in [0.5, 0.6) is 0 Å². The first-order valence-electron chi connectivity index (χ1n) is 8.00. The molecule has 0 radical (unpaired) electrons. The van der Waals surface area contributed by atoms with Gasteiger partial charge in [0.25, 0.3) is 0 Å². The highest BCUT2D eigenvalue weighted by atomic mass is 16.2. The molecule has 22 heavy (non-hydrogen) atoms. The van der Waals surface area contributed by atoms with Gasteiger partial charge >= 0.3 is 0 Å². The number of amides is 1. The third-order valence-electron chi connectivity index (χ3n) is 4.48. The van der Waals surface area contributed by atoms with E-state index in [1.165, 1.54) is 0 Å². The van der Waals surface area contributed by atoms with Crippen LogP contribution in [0.4, 0.5) is 0 Å². The number of hydrogen-bond acceptors (Lipinski definition) is 3. The fourth-order valence-corrected chi connectivity index (χ4v) is 3.06. The SMILES string of the molecule is CC(C)C(=O)N(C)C1CCN(Cc2ccccc2C#N)CC1. The Bertz CT molecular complexity index is 554. The minimum absolute atomic E-state index is 0.0607. The van der Waals surface area contributed by atoms with Crippen molar-refractivity contribution in [2.75, 3.05) is 20.1 Å². The molecule has 2 rings (SSSR count). The van der Waals surface area contributed by atoms with Gasteiger partial charge in [0, 0.05) is 38.6 Å². The van der Waals surface area contributed by atoms with Gasteiger partial charge < -0.3 is 4.90 Å². The molecule has 0 N–H and O–H groups in total. The van der Waals surface area contributed by atoms with Crippen molar-refractivity contribution >= 4 is 5.91 Å². The maximum absolute atomic E-state index is 12.1. The number of nitrogens with zero attached hydrogens (tertiary/aromatic N) is 3. The zero-order chi connectivity index (χ0) is 16.1. The molecule has 1 heterocycles. The van der Waals surface area contributed by atoms with Crippen LogP contribution in [0.25, 0.3) is 0 Å². The summed E-state index contributed by atoms with van der Waals surface area (Å²) in [5.41, 5.74) is 1.85. The Morgan fingerprint density at radius 1 is 1.36 bits per heavy atom. The molecule has 4 nitrogen and oxygen atoms in total. The first-order chi connectivity index (χ1) is 10.5. The molecule has 1 fully saturated rings. The van der Waals surface area contributed by atoms with Gasteiger partial charge in [-0.3, -0.25) is 9.69 Å². The van der Waals surface area contributed by atoms with Gasteiger partial charge in [0.15, 0.2) is 0 Å². The predicted octanol–water partition coefficient (Wildman–Crippen LogP) is 2.64. The van der Waals surface area contributed by atoms with Crippen LogP contribution in [-0.4, -0.2) is 41.9 Å². The second kappa shape index (κ2) is 7.42. The molecule has 0 spiro atoms. The molecule has 0 atom stereocenters. The molecule has 1 aromatic carbocycles. The number of piperidine rings is 1. The van der Waals surface area contributed by atoms with Crippen molar-refractivity contribution in [3.8, 4) is 6.07 Å². The summed E-state index contributed by atoms with van der Waals surface area (Å²) in [6.07, 6.45) is 2.01. The van der Waals surface area contributed by atoms with Crippen LogP contribution in [-0.2, 0) is 11.3 Å². The highest BCUT2D eigenvalue weighted by Crippen LogP contribution is 2.20. The fourth-order valence-electron chi connectivity index (χ4n) is 3.06. The predicted molar refractivity (Wildman–Crippen MR) is 87.1 cm³/mol. The van der Waals surface area contributed by atoms with Crippen molar-refractivity contribution in [1.82, 2.24) is 9.80 Å². The molecule has 0 saturated carbocycles. The molecule has 118 valence electrons. The summed E-state index contributed by atoms with van der Waals surface area (Å²) in [5, 5.41) is 9.16. The highest BCUT2D eigenvalue weighted by Gasteiger charge is 2.26. The molecular weight excluding hydrogens is 274 g/mol. The average Bonchev–Trinajstić information content (AvgIpc) is 2.54. The molecule has 1 saturated heterocycles. The van der Waals surface area contributed by atoms with Crippen molar-refractivity contribution in [2.45, 2.75) is 39.3 Å². The lowest BCUT2D eigenvalue weighted by atomic mass is 10.0. The highest BCUT2D eigenvalue weighted by molar-refractivity contribution is 5.78. The third-order valence-corrected chi connectivity index (χ3v) is 4.48. The van der Waals surface area contributed by atoms with E-state index in [4.69, 9.17) is 5.26 Å². The van der Waals surface area contributed by atoms with E-state index in [2.05, 4.69) is 11.0 Å². The van der Waals surface area contributed by atoms with Crippen LogP contribution < -0.4 is 0 Å². The lowest BCUT2D eigenvalue weighted by molar-refractivity contribution is -0.136. The Hall–Kier alpha value is -1.86. The molecule has 0 aliphatic carbocycles. The number of hydrogen-bond donors (Lipinski definition) is 0. The molecule has 1 amide bonds. The zero-order valence-corrected chi connectivity index (χ0v) is 13.7. The van der Waals surface area contributed by atoms with Gasteiger partial charge in [-0.1, -0.05) is 32.0 Å². The number of rotatable bonds is 4. The van der Waals surface area contributed by atoms with Crippen LogP contribution >= 0.6 is 0 Å². The van der Waals surface area contributed by atoms with E-state index in [0.29, 0.717) is 6.04 Å². The summed E-state index contributed by atoms with van der Waals surface area (Å²) in [7, 11) is 1.92. The Morgan fingerprint density at radius 3 is 2.59 bits per heavy atom. The minimum Gasteiger partial charge on any atom is -0.342 e. The molecule has 0 bridgehead atoms. The Labute approximate surface area is 133 Å². The molecule has 1 aliphatic heterocycles. The minimum atomic E-state index is 0.0607. The Morgan fingerprint density at radius 2 is 2.00 bits per heavy atom. The van der Waals surface area contributed by atoms with E-state index in [9.17, 15) is 4.79 Å². The quantitative estimate of drug-likeness (QED) is 0.858. The molecule has 1 aliphatic rings. The number of carbonyl (C=O) groups excluding carboxylic acids is 1. The standard InChI is InChI=1S/C18H25N3O/c1-14(2)18(22)20(3)17-8-10-21(11-9-17)13-16-7-5-4-6-15(16)12-19/h4-7,14,17H,8-11,13H2,1-3H3. The van der Waals surface area contributed by atoms with Gasteiger partial charge in [0.1, 0.15) is 0 Å². The fraction of sp³-hybridized carbons (Fsp3) is 0.556. The Balaban J connectivity index is 1.90. The smallest absolute Gasteiger partial charge is 0.225 e. The average molecular weight is 299 g/mol. The second-order valence-electron chi connectivity index (χ2n) is 6.38. The summed E-state index contributed by atoms with van der Waals surface area (Å²) in [6, 6.07) is 10.4. The largest absolute Gasteiger partial charge is 0.342 e. The number of benzene rings is 1. The van der Waals surface area contributed by atoms with E-state index in [0.717, 1.165) is 43.6 Å². The summed E-state index contributed by atoms with van der Waals surface area (Å²) in [6.45, 7) is 6.66. The monoisotopic (exact) mass is 299 g/mol. The first-order valence-corrected chi connectivity index (χ1v) is 8.00. The van der Waals surface area contributed by atoms with Crippen molar-refractivity contribution < 1.29 is 4.79 Å². The molecule has 0 unspecified atom stereocenters. The summed E-state index contributed by atoms with van der Waals surface area (Å²) in [5.74, 6) is 0.291. The number of carbonyl (C=O) groups is 1. The van der Waals surface area contributed by atoms with E-state index in [-0.39, 0.29) is 11.8 Å². The van der Waals surface area contributed by atoms with E-state index < -0.39 is 0 Å². The zero-order valence-electron chi connectivity index (χ0n) is 13.7. The van der Waals surface area contributed by atoms with Gasteiger partial charge in [0.05, 0.1) is 11.6 Å². The number of likely N-dealkylation sites (tertiary alicyclic amines) is 1. The second-order valence-corrected chi connectivity index (χ2v) is 6.38. The third kappa shape index (κ3) is 3.86. The van der Waals surface area contributed by atoms with Crippen molar-refractivity contribution in [2.24, 2.45) is 5.92 Å². The van der Waals surface area contributed by atoms with Crippen LogP contribution in [0.3, 0.4) is 0 Å². The van der Waals surface area contributed by atoms with E-state index >= 15 is 0 Å². The molecule has 0 aromatic heterocycles. The first kappa shape index (κ1) is 16.5. The normalized spacial score (nSPS) is 16.5. The lowest BCUT2D eigenvalue weighted by Gasteiger charge is -2.37. The molecule has 1 aromatic rings. The van der Waals surface area contributed by atoms with Crippen LogP contribution in [0.1, 0.15) is 37.8 Å². The van der Waals surface area contributed by atoms with Crippen molar-refractivity contribution in [1.29, 1.82) is 5.26 Å². The van der Waals surface area contributed by atoms with Crippen LogP contribution in [0.2, 0.25) is 0 Å². The summed E-state index contributed by atoms with van der Waals surface area (Å²) >= 11 is 0. The van der Waals surface area contributed by atoms with Gasteiger partial charge in [-0.2, -0.15) is 5.26 Å². The maximum atomic E-state index is 12.1. The van der Waals surface area contributed by atoms with Crippen molar-refractivity contribution in [3.05, 3.63) is 35.4 Å². The summed E-state index contributed by atoms with van der Waals surface area (Å²) < 4.78 is 0. The number of nitriles is 1. The van der Waals surface area contributed by atoms with Crippen molar-refractivity contribution in [3.63, 3.8) is 0 Å². The Kier molecular flexibility index (Phi) is 5.57. The topological polar surface area (TPSA) is 47.3 Å². The van der Waals surface area contributed by atoms with Gasteiger partial charge in [0.2, 0.25) is 5.91 Å². The van der Waals surface area contributed by atoms with E-state index in [1.807, 2.05) is 50.1 Å². The maximum Gasteiger partial charge on any atom is 0.225 e. The molecule has 4 heteroatoms.